The van der Waals surface area contributed by atoms with E-state index in [0.29, 0.717) is 26.1 Å². The van der Waals surface area contributed by atoms with Crippen molar-refractivity contribution in [1.82, 2.24) is 0 Å². The smallest absolute Gasteiger partial charge is 0.320 e. The molecule has 33 heavy (non-hydrogen) atoms. The molecule has 0 amide bonds. The van der Waals surface area contributed by atoms with E-state index in [-0.39, 0.29) is 42.0 Å². The zero-order valence-corrected chi connectivity index (χ0v) is 20.9. The fourth-order valence-corrected chi connectivity index (χ4v) is 7.25. The summed E-state index contributed by atoms with van der Waals surface area (Å²) in [6.07, 6.45) is 2.52. The molecule has 2 bridgehead atoms. The second-order valence-corrected chi connectivity index (χ2v) is 12.6. The van der Waals surface area contributed by atoms with Gasteiger partial charge in [-0.3, -0.25) is 13.8 Å². The van der Waals surface area contributed by atoms with Gasteiger partial charge in [0.2, 0.25) is 0 Å². The summed E-state index contributed by atoms with van der Waals surface area (Å²) in [4.78, 5) is 27.7. The Balaban J connectivity index is 1.72. The number of ether oxygens (including phenoxy) is 4. The molecule has 0 aromatic heterocycles. The van der Waals surface area contributed by atoms with Gasteiger partial charge in [-0.15, -0.1) is 0 Å². The Morgan fingerprint density at radius 3 is 2.42 bits per heavy atom. The minimum absolute atomic E-state index is 0.0287. The molecule has 0 aromatic rings. The molecule has 2 saturated carbocycles. The van der Waals surface area contributed by atoms with E-state index in [9.17, 15) is 18.0 Å². The topological polar surface area (TPSA) is 114 Å². The number of ketones is 1. The summed E-state index contributed by atoms with van der Waals surface area (Å²) in [6, 6.07) is 0. The fraction of sp³-hybridized carbons (Fsp3) is 0.913. The molecule has 0 radical (unpaired) electrons. The summed E-state index contributed by atoms with van der Waals surface area (Å²) in [5, 5.41) is 0. The van der Waals surface area contributed by atoms with Gasteiger partial charge in [0.15, 0.2) is 12.1 Å². The lowest BCUT2D eigenvalue weighted by atomic mass is 9.44. The predicted octanol–water partition coefficient (Wildman–Crippen LogP) is 2.07. The highest BCUT2D eigenvalue weighted by atomic mass is 32.2. The molecule has 4 aliphatic rings. The third-order valence-electron chi connectivity index (χ3n) is 8.60. The van der Waals surface area contributed by atoms with Crippen LogP contribution in [0.4, 0.5) is 0 Å². The van der Waals surface area contributed by atoms with Crippen LogP contribution >= 0.6 is 0 Å². The fourth-order valence-electron chi connectivity index (χ4n) is 6.85. The summed E-state index contributed by atoms with van der Waals surface area (Å²) < 4.78 is 50.8. The van der Waals surface area contributed by atoms with E-state index in [1.807, 2.05) is 13.8 Å². The molecule has 2 aliphatic carbocycles. The normalized spacial score (nSPS) is 39.9. The molecule has 0 N–H and O–H groups in total. The Hall–Kier alpha value is -1.07. The minimum atomic E-state index is -3.71. The van der Waals surface area contributed by atoms with Crippen molar-refractivity contribution >= 4 is 21.9 Å². The lowest BCUT2D eigenvalue weighted by Gasteiger charge is -2.58. The molecule has 6 atom stereocenters. The third kappa shape index (κ3) is 4.37. The molecule has 2 aliphatic heterocycles. The van der Waals surface area contributed by atoms with E-state index < -0.39 is 39.5 Å². The van der Waals surface area contributed by atoms with Crippen LogP contribution in [0.25, 0.3) is 0 Å². The highest BCUT2D eigenvalue weighted by molar-refractivity contribution is 7.85. The van der Waals surface area contributed by atoms with Crippen LogP contribution in [0.5, 0.6) is 0 Å². The van der Waals surface area contributed by atoms with Crippen LogP contribution in [-0.2, 0) is 42.8 Å². The van der Waals surface area contributed by atoms with Gasteiger partial charge in [0.25, 0.3) is 10.1 Å². The molecular formula is C23H36O9S. The van der Waals surface area contributed by atoms with Crippen molar-refractivity contribution in [2.24, 2.45) is 28.6 Å². The first-order chi connectivity index (χ1) is 15.3. The summed E-state index contributed by atoms with van der Waals surface area (Å²) in [5.74, 6) is -1.41. The number of Topliss-reactive ketones (excluding diaryl/α,β-unsaturated/α-hetero) is 1. The molecule has 188 valence electrons. The van der Waals surface area contributed by atoms with Crippen LogP contribution in [0.2, 0.25) is 0 Å². The predicted molar refractivity (Wildman–Crippen MR) is 117 cm³/mol. The SMILES string of the molecule is COC(C)(C)[C@@H]1CC[C@@]2(C)C[C@@H]1C(=O)[C@]1(CC(COS(C)(=O)=O)OC1=O)[C@@H]2CC1OCCO1. The molecule has 1 spiro atoms. The first kappa shape index (κ1) is 25.0. The largest absolute Gasteiger partial charge is 0.459 e. The van der Waals surface area contributed by atoms with Crippen LogP contribution in [0.3, 0.4) is 0 Å². The van der Waals surface area contributed by atoms with Gasteiger partial charge in [0.1, 0.15) is 18.1 Å². The molecule has 2 heterocycles. The van der Waals surface area contributed by atoms with Crippen molar-refractivity contribution in [1.29, 1.82) is 0 Å². The highest BCUT2D eigenvalue weighted by Crippen LogP contribution is 2.64. The Morgan fingerprint density at radius 1 is 1.15 bits per heavy atom. The molecule has 9 nitrogen and oxygen atoms in total. The Morgan fingerprint density at radius 2 is 1.82 bits per heavy atom. The Kier molecular flexibility index (Phi) is 6.49. The van der Waals surface area contributed by atoms with Gasteiger partial charge in [-0.1, -0.05) is 6.92 Å². The lowest BCUT2D eigenvalue weighted by molar-refractivity contribution is -0.188. The summed E-state index contributed by atoms with van der Waals surface area (Å²) in [7, 11) is -2.06. The molecular weight excluding hydrogens is 452 g/mol. The lowest BCUT2D eigenvalue weighted by Crippen LogP contribution is -2.62. The van der Waals surface area contributed by atoms with E-state index in [2.05, 4.69) is 6.92 Å². The van der Waals surface area contributed by atoms with E-state index in [1.54, 1.807) is 7.11 Å². The number of carbonyl (C=O) groups is 2. The van der Waals surface area contributed by atoms with E-state index in [0.717, 1.165) is 19.1 Å². The zero-order valence-electron chi connectivity index (χ0n) is 20.1. The van der Waals surface area contributed by atoms with E-state index in [1.165, 1.54) is 0 Å². The number of hydrogen-bond donors (Lipinski definition) is 0. The maximum atomic E-state index is 14.2. The average molecular weight is 489 g/mol. The molecule has 1 unspecified atom stereocenters. The number of fused-ring (bicyclic) bond motifs is 2. The van der Waals surface area contributed by atoms with Crippen molar-refractivity contribution in [2.75, 3.05) is 33.2 Å². The number of cyclic esters (lactones) is 1. The van der Waals surface area contributed by atoms with Gasteiger partial charge in [-0.2, -0.15) is 8.42 Å². The van der Waals surface area contributed by atoms with E-state index >= 15 is 0 Å². The average Bonchev–Trinajstić information content (AvgIpc) is 3.36. The third-order valence-corrected chi connectivity index (χ3v) is 9.17. The van der Waals surface area contributed by atoms with Crippen LogP contribution < -0.4 is 0 Å². The van der Waals surface area contributed by atoms with Crippen molar-refractivity contribution in [2.45, 2.75) is 70.9 Å². The van der Waals surface area contributed by atoms with Crippen LogP contribution in [0.1, 0.15) is 52.9 Å². The first-order valence-corrected chi connectivity index (χ1v) is 13.5. The summed E-state index contributed by atoms with van der Waals surface area (Å²) in [5.41, 5.74) is -2.19. The zero-order chi connectivity index (χ0) is 24.2. The molecule has 0 aromatic carbocycles. The number of methoxy groups -OCH3 is 1. The van der Waals surface area contributed by atoms with Crippen molar-refractivity contribution in [3.05, 3.63) is 0 Å². The van der Waals surface area contributed by atoms with Gasteiger partial charge >= 0.3 is 5.97 Å². The van der Waals surface area contributed by atoms with Gasteiger partial charge in [-0.05, 0) is 50.4 Å². The second-order valence-electron chi connectivity index (χ2n) is 10.9. The van der Waals surface area contributed by atoms with Gasteiger partial charge in [0.05, 0.1) is 25.1 Å². The Bertz CT molecular complexity index is 894. The van der Waals surface area contributed by atoms with Gasteiger partial charge < -0.3 is 18.9 Å². The summed E-state index contributed by atoms with van der Waals surface area (Å²) >= 11 is 0. The van der Waals surface area contributed by atoms with E-state index in [4.69, 9.17) is 23.1 Å². The Labute approximate surface area is 195 Å². The summed E-state index contributed by atoms with van der Waals surface area (Å²) in [6.45, 7) is 6.80. The maximum Gasteiger partial charge on any atom is 0.320 e. The van der Waals surface area contributed by atoms with Crippen molar-refractivity contribution < 1.29 is 41.1 Å². The van der Waals surface area contributed by atoms with Crippen LogP contribution in [0.15, 0.2) is 0 Å². The molecule has 4 fully saturated rings. The second kappa shape index (κ2) is 8.55. The number of rotatable bonds is 7. The monoisotopic (exact) mass is 488 g/mol. The van der Waals surface area contributed by atoms with Crippen molar-refractivity contribution in [3.8, 4) is 0 Å². The standard InChI is InChI=1S/C23H36O9S/c1-21(2,28-4)16-6-7-22(3)12-15(16)19(24)23(17(22)10-18-29-8-9-30-18)11-14(32-20(23)25)13-31-33(5,26)27/h14-18H,6-13H2,1-5H3/t14?,15-,16+,17+,22-,23-/m0/s1. The minimum Gasteiger partial charge on any atom is -0.459 e. The highest BCUT2D eigenvalue weighted by Gasteiger charge is 2.70. The van der Waals surface area contributed by atoms with Gasteiger partial charge in [-0.25, -0.2) is 0 Å². The number of esters is 1. The molecule has 10 heteroatoms. The number of hydrogen-bond acceptors (Lipinski definition) is 9. The van der Waals surface area contributed by atoms with Crippen LogP contribution in [-0.4, -0.2) is 71.4 Å². The maximum absolute atomic E-state index is 14.2. The molecule has 4 rings (SSSR count). The van der Waals surface area contributed by atoms with Crippen molar-refractivity contribution in [3.63, 3.8) is 0 Å². The quantitative estimate of drug-likeness (QED) is 0.302. The molecule has 2 saturated heterocycles. The van der Waals surface area contributed by atoms with Crippen LogP contribution in [0, 0.1) is 28.6 Å². The van der Waals surface area contributed by atoms with Gasteiger partial charge in [0, 0.05) is 25.9 Å². The first-order valence-electron chi connectivity index (χ1n) is 11.7. The number of carbonyl (C=O) groups excluding carboxylic acids is 2.